The van der Waals surface area contributed by atoms with Crippen LogP contribution in [0.15, 0.2) is 51.1 Å². The van der Waals surface area contributed by atoms with Crippen molar-refractivity contribution in [3.05, 3.63) is 36.4 Å². The molecule has 0 aromatic heterocycles. The molecule has 0 atom stereocenters. The topological polar surface area (TPSA) is 189 Å². The lowest BCUT2D eigenvalue weighted by Crippen LogP contribution is -2.13. The molecule has 0 unspecified atom stereocenters. The van der Waals surface area contributed by atoms with E-state index in [1.165, 1.54) is 30.3 Å². The van der Waals surface area contributed by atoms with Crippen molar-refractivity contribution in [2.75, 3.05) is 5.73 Å². The third-order valence-corrected chi connectivity index (χ3v) is 7.57. The number of rotatable bonds is 3. The van der Waals surface area contributed by atoms with Gasteiger partial charge in [-0.3, -0.25) is 13.7 Å². The predicted octanol–water partition coefficient (Wildman–Crippen LogP) is 1.91. The second-order valence-corrected chi connectivity index (χ2v) is 10.4. The maximum Gasteiger partial charge on any atom is 0.298 e. The molecular formula is C16H11NO9S3. The van der Waals surface area contributed by atoms with Crippen LogP contribution in [0.25, 0.3) is 32.3 Å². The zero-order chi connectivity index (χ0) is 21.5. The molecule has 4 aromatic carbocycles. The van der Waals surface area contributed by atoms with E-state index in [2.05, 4.69) is 0 Å². The van der Waals surface area contributed by atoms with Gasteiger partial charge in [-0.2, -0.15) is 25.3 Å². The van der Waals surface area contributed by atoms with E-state index < -0.39 is 50.7 Å². The van der Waals surface area contributed by atoms with Crippen LogP contribution in [-0.2, 0) is 30.4 Å². The number of anilines is 1. The monoisotopic (exact) mass is 457 g/mol. The molecule has 0 radical (unpaired) electrons. The van der Waals surface area contributed by atoms with Crippen molar-refractivity contribution >= 4 is 68.4 Å². The Morgan fingerprint density at radius 2 is 1.10 bits per heavy atom. The van der Waals surface area contributed by atoms with Crippen molar-refractivity contribution in [3.63, 3.8) is 0 Å². The Morgan fingerprint density at radius 3 is 1.66 bits per heavy atom. The van der Waals surface area contributed by atoms with E-state index >= 15 is 0 Å². The van der Waals surface area contributed by atoms with Gasteiger partial charge in [-0.15, -0.1) is 0 Å². The quantitative estimate of drug-likeness (QED) is 0.201. The van der Waals surface area contributed by atoms with Crippen molar-refractivity contribution in [3.8, 4) is 0 Å². The molecule has 4 aromatic rings. The summed E-state index contributed by atoms with van der Waals surface area (Å²) in [6.45, 7) is 0. The van der Waals surface area contributed by atoms with Crippen LogP contribution in [0.2, 0.25) is 0 Å². The number of nitrogens with two attached hydrogens (primary N) is 1. The molecule has 152 valence electrons. The molecule has 0 bridgehead atoms. The highest BCUT2D eigenvalue weighted by molar-refractivity contribution is 7.89. The predicted molar refractivity (Wildman–Crippen MR) is 104 cm³/mol. The third kappa shape index (κ3) is 2.82. The minimum Gasteiger partial charge on any atom is -0.397 e. The Morgan fingerprint density at radius 1 is 0.586 bits per heavy atom. The first-order valence-corrected chi connectivity index (χ1v) is 12.0. The second kappa shape index (κ2) is 5.75. The van der Waals surface area contributed by atoms with Gasteiger partial charge >= 0.3 is 0 Å². The van der Waals surface area contributed by atoms with Crippen LogP contribution in [0.1, 0.15) is 0 Å². The molecule has 0 amide bonds. The lowest BCUT2D eigenvalue weighted by molar-refractivity contribution is 0.468. The van der Waals surface area contributed by atoms with Crippen LogP contribution < -0.4 is 5.73 Å². The molecule has 0 saturated heterocycles. The van der Waals surface area contributed by atoms with Gasteiger partial charge in [-0.1, -0.05) is 30.3 Å². The van der Waals surface area contributed by atoms with E-state index in [9.17, 15) is 38.9 Å². The van der Waals surface area contributed by atoms with E-state index in [4.69, 9.17) is 5.73 Å². The van der Waals surface area contributed by atoms with Crippen molar-refractivity contribution in [1.82, 2.24) is 0 Å². The second-order valence-electron chi connectivity index (χ2n) is 6.31. The molecule has 0 heterocycles. The summed E-state index contributed by atoms with van der Waals surface area (Å²) < 4.78 is 100.0. The molecule has 0 saturated carbocycles. The Kier molecular flexibility index (Phi) is 3.91. The van der Waals surface area contributed by atoms with E-state index in [0.717, 1.165) is 6.07 Å². The van der Waals surface area contributed by atoms with Gasteiger partial charge in [0.25, 0.3) is 30.4 Å². The van der Waals surface area contributed by atoms with Crippen LogP contribution in [0.3, 0.4) is 0 Å². The van der Waals surface area contributed by atoms with Crippen LogP contribution >= 0.6 is 0 Å². The average molecular weight is 457 g/mol. The number of nitrogen functional groups attached to an aromatic ring is 1. The SMILES string of the molecule is Nc1c(S(=O)(=O)O)c(S(=O)(=O)O)c2ccc3ccc(S(=O)(=O)O)c4ccc1c2c34. The highest BCUT2D eigenvalue weighted by atomic mass is 32.2. The molecule has 0 aliphatic rings. The lowest BCUT2D eigenvalue weighted by Gasteiger charge is -2.18. The molecule has 0 aliphatic carbocycles. The van der Waals surface area contributed by atoms with Crippen LogP contribution in [0, 0.1) is 0 Å². The van der Waals surface area contributed by atoms with Crippen molar-refractivity contribution in [1.29, 1.82) is 0 Å². The average Bonchev–Trinajstić information content (AvgIpc) is 2.57. The summed E-state index contributed by atoms with van der Waals surface area (Å²) in [5.41, 5.74) is 5.21. The maximum absolute atomic E-state index is 12.0. The molecule has 0 fully saturated rings. The fourth-order valence-electron chi connectivity index (χ4n) is 3.64. The Bertz CT molecular complexity index is 1670. The van der Waals surface area contributed by atoms with Gasteiger partial charge < -0.3 is 5.73 Å². The van der Waals surface area contributed by atoms with Gasteiger partial charge in [0, 0.05) is 21.5 Å². The largest absolute Gasteiger partial charge is 0.397 e. The standard InChI is InChI=1S/C16H11NO9S3/c17-14-9-5-4-8-11(27(18,19)20)6-2-7-1-3-10(13(9)12(7)8)15(28(21,22)23)16(14)29(24,25)26/h1-6H,17H2,(H,18,19,20)(H,21,22,23)(H,24,25,26). The van der Waals surface area contributed by atoms with Gasteiger partial charge in [0.05, 0.1) is 5.69 Å². The van der Waals surface area contributed by atoms with Gasteiger partial charge in [0.1, 0.15) is 14.7 Å². The molecule has 10 nitrogen and oxygen atoms in total. The first-order valence-electron chi connectivity index (χ1n) is 7.68. The number of hydrogen-bond acceptors (Lipinski definition) is 7. The molecule has 13 heteroatoms. The summed E-state index contributed by atoms with van der Waals surface area (Å²) in [4.78, 5) is -2.76. The van der Waals surface area contributed by atoms with Gasteiger partial charge in [-0.25, -0.2) is 0 Å². The Labute approximate surface area is 164 Å². The first-order chi connectivity index (χ1) is 13.2. The molecule has 0 spiro atoms. The number of hydrogen-bond donors (Lipinski definition) is 4. The normalized spacial score (nSPS) is 13.6. The Balaban J connectivity index is 2.45. The van der Waals surface area contributed by atoms with Crippen LogP contribution in [-0.4, -0.2) is 38.9 Å². The smallest absolute Gasteiger partial charge is 0.298 e. The zero-order valence-corrected chi connectivity index (χ0v) is 16.5. The van der Waals surface area contributed by atoms with Crippen LogP contribution in [0.4, 0.5) is 5.69 Å². The highest BCUT2D eigenvalue weighted by Gasteiger charge is 2.32. The summed E-state index contributed by atoms with van der Waals surface area (Å²) in [6, 6.07) is 7.60. The summed E-state index contributed by atoms with van der Waals surface area (Å²) in [5.74, 6) is 0. The molecule has 4 rings (SSSR count). The van der Waals surface area contributed by atoms with Gasteiger partial charge in [-0.05, 0) is 16.8 Å². The van der Waals surface area contributed by atoms with Gasteiger partial charge in [0.2, 0.25) is 0 Å². The van der Waals surface area contributed by atoms with E-state index in [1.54, 1.807) is 0 Å². The number of benzene rings is 4. The highest BCUT2D eigenvalue weighted by Crippen LogP contribution is 2.45. The van der Waals surface area contributed by atoms with Gasteiger partial charge in [0.15, 0.2) is 0 Å². The maximum atomic E-state index is 12.0. The lowest BCUT2D eigenvalue weighted by atomic mass is 9.93. The third-order valence-electron chi connectivity index (χ3n) is 4.65. The van der Waals surface area contributed by atoms with E-state index in [-0.39, 0.29) is 26.9 Å². The van der Waals surface area contributed by atoms with Crippen LogP contribution in [0.5, 0.6) is 0 Å². The fraction of sp³-hybridized carbons (Fsp3) is 0. The molecule has 29 heavy (non-hydrogen) atoms. The Hall–Kier alpha value is -2.55. The minimum absolute atomic E-state index is 0.00520. The molecule has 0 aliphatic heterocycles. The van der Waals surface area contributed by atoms with E-state index in [1.807, 2.05) is 0 Å². The summed E-state index contributed by atoms with van der Waals surface area (Å²) in [7, 11) is -15.0. The van der Waals surface area contributed by atoms with E-state index in [0.29, 0.717) is 5.39 Å². The molecular weight excluding hydrogens is 446 g/mol. The minimum atomic E-state index is -5.19. The molecule has 5 N–H and O–H groups in total. The first kappa shape index (κ1) is 19.8. The summed E-state index contributed by atoms with van der Waals surface area (Å²) in [5, 5.41) is 0.395. The van der Waals surface area contributed by atoms with Crippen molar-refractivity contribution in [2.45, 2.75) is 14.7 Å². The van der Waals surface area contributed by atoms with Crippen molar-refractivity contribution in [2.24, 2.45) is 0 Å². The fourth-order valence-corrected chi connectivity index (χ4v) is 6.48. The zero-order valence-electron chi connectivity index (χ0n) is 14.1. The van der Waals surface area contributed by atoms with Crippen molar-refractivity contribution < 1.29 is 38.9 Å². The summed E-state index contributed by atoms with van der Waals surface area (Å²) >= 11 is 0. The summed E-state index contributed by atoms with van der Waals surface area (Å²) in [6.07, 6.45) is 0.